The molecule has 0 aliphatic rings. The third-order valence-corrected chi connectivity index (χ3v) is 2.31. The van der Waals surface area contributed by atoms with Crippen molar-refractivity contribution >= 4 is 0 Å². The summed E-state index contributed by atoms with van der Waals surface area (Å²) in [6.07, 6.45) is 4.54. The summed E-state index contributed by atoms with van der Waals surface area (Å²) in [7, 11) is 0. The Morgan fingerprint density at radius 2 is 2.13 bits per heavy atom. The highest BCUT2D eigenvalue weighted by Crippen LogP contribution is 2.21. The van der Waals surface area contributed by atoms with Gasteiger partial charge in [0.15, 0.2) is 0 Å². The summed E-state index contributed by atoms with van der Waals surface area (Å²) in [6.45, 7) is 7.01. The third kappa shape index (κ3) is 3.51. The standard InChI is InChI=1S/C12H20N2O/c1-4-5-15-11-6-10(7-14-8-11)12(13)9(2)3/h6-9,12H,4-5,13H2,1-3H3. The van der Waals surface area contributed by atoms with Gasteiger partial charge >= 0.3 is 0 Å². The monoisotopic (exact) mass is 208 g/mol. The predicted octanol–water partition coefficient (Wildman–Crippen LogP) is 2.53. The Hall–Kier alpha value is -1.09. The van der Waals surface area contributed by atoms with Crippen molar-refractivity contribution < 1.29 is 4.74 Å². The molecule has 1 rings (SSSR count). The second kappa shape index (κ2) is 5.71. The highest BCUT2D eigenvalue weighted by molar-refractivity contribution is 5.26. The van der Waals surface area contributed by atoms with Crippen molar-refractivity contribution in [2.45, 2.75) is 33.2 Å². The summed E-state index contributed by atoms with van der Waals surface area (Å²) < 4.78 is 5.51. The van der Waals surface area contributed by atoms with E-state index in [1.54, 1.807) is 6.20 Å². The minimum Gasteiger partial charge on any atom is -0.492 e. The zero-order valence-electron chi connectivity index (χ0n) is 9.73. The molecule has 2 N–H and O–H groups in total. The molecule has 84 valence electrons. The molecule has 0 aliphatic heterocycles. The average molecular weight is 208 g/mol. The molecule has 15 heavy (non-hydrogen) atoms. The van der Waals surface area contributed by atoms with Crippen molar-refractivity contribution in [3.63, 3.8) is 0 Å². The minimum absolute atomic E-state index is 0.0303. The Balaban J connectivity index is 2.73. The van der Waals surface area contributed by atoms with E-state index in [1.807, 2.05) is 12.3 Å². The number of hydrogen-bond acceptors (Lipinski definition) is 3. The van der Waals surface area contributed by atoms with Crippen molar-refractivity contribution in [1.29, 1.82) is 0 Å². The van der Waals surface area contributed by atoms with Crippen LogP contribution >= 0.6 is 0 Å². The Bertz CT molecular complexity index is 299. The maximum absolute atomic E-state index is 6.04. The molecule has 0 amide bonds. The van der Waals surface area contributed by atoms with Crippen molar-refractivity contribution in [2.75, 3.05) is 6.61 Å². The molecular formula is C12H20N2O. The van der Waals surface area contributed by atoms with Gasteiger partial charge in [-0.2, -0.15) is 0 Å². The van der Waals surface area contributed by atoms with Crippen LogP contribution in [0, 0.1) is 5.92 Å². The van der Waals surface area contributed by atoms with E-state index in [0.717, 1.165) is 24.3 Å². The van der Waals surface area contributed by atoms with Gasteiger partial charge in [-0.15, -0.1) is 0 Å². The third-order valence-electron chi connectivity index (χ3n) is 2.31. The summed E-state index contributed by atoms with van der Waals surface area (Å²) in [5.41, 5.74) is 7.08. The number of hydrogen-bond donors (Lipinski definition) is 1. The van der Waals surface area contributed by atoms with Crippen molar-refractivity contribution in [1.82, 2.24) is 4.98 Å². The molecular weight excluding hydrogens is 188 g/mol. The van der Waals surface area contributed by atoms with Gasteiger partial charge in [0.2, 0.25) is 0 Å². The summed E-state index contributed by atoms with van der Waals surface area (Å²) >= 11 is 0. The van der Waals surface area contributed by atoms with Crippen LogP contribution in [0.3, 0.4) is 0 Å². The normalized spacial score (nSPS) is 12.9. The minimum atomic E-state index is 0.0303. The molecule has 0 saturated heterocycles. The van der Waals surface area contributed by atoms with Gasteiger partial charge in [-0.1, -0.05) is 20.8 Å². The van der Waals surface area contributed by atoms with Crippen LogP contribution < -0.4 is 10.5 Å². The van der Waals surface area contributed by atoms with Gasteiger partial charge in [-0.3, -0.25) is 4.98 Å². The van der Waals surface area contributed by atoms with Crippen molar-refractivity contribution in [3.8, 4) is 5.75 Å². The maximum Gasteiger partial charge on any atom is 0.137 e. The quantitative estimate of drug-likeness (QED) is 0.808. The van der Waals surface area contributed by atoms with Gasteiger partial charge in [0, 0.05) is 12.2 Å². The van der Waals surface area contributed by atoms with E-state index >= 15 is 0 Å². The fourth-order valence-corrected chi connectivity index (χ4v) is 1.30. The summed E-state index contributed by atoms with van der Waals surface area (Å²) in [5.74, 6) is 1.22. The fraction of sp³-hybridized carbons (Fsp3) is 0.583. The lowest BCUT2D eigenvalue weighted by Gasteiger charge is -2.16. The van der Waals surface area contributed by atoms with E-state index in [1.165, 1.54) is 0 Å². The highest BCUT2D eigenvalue weighted by Gasteiger charge is 2.11. The number of nitrogens with zero attached hydrogens (tertiary/aromatic N) is 1. The predicted molar refractivity (Wildman–Crippen MR) is 61.8 cm³/mol. The fourth-order valence-electron chi connectivity index (χ4n) is 1.30. The van der Waals surface area contributed by atoms with E-state index in [9.17, 15) is 0 Å². The first-order valence-electron chi connectivity index (χ1n) is 5.48. The molecule has 1 unspecified atom stereocenters. The number of nitrogens with two attached hydrogens (primary N) is 1. The van der Waals surface area contributed by atoms with Crippen LogP contribution in [0.5, 0.6) is 5.75 Å². The van der Waals surface area contributed by atoms with Gasteiger partial charge in [0.05, 0.1) is 12.8 Å². The van der Waals surface area contributed by atoms with Crippen LogP contribution in [-0.2, 0) is 0 Å². The molecule has 0 radical (unpaired) electrons. The van der Waals surface area contributed by atoms with E-state index in [4.69, 9.17) is 10.5 Å². The molecule has 0 spiro atoms. The van der Waals surface area contributed by atoms with E-state index in [2.05, 4.69) is 25.8 Å². The van der Waals surface area contributed by atoms with Gasteiger partial charge in [-0.05, 0) is 24.0 Å². The number of pyridine rings is 1. The van der Waals surface area contributed by atoms with Crippen LogP contribution in [-0.4, -0.2) is 11.6 Å². The lowest BCUT2D eigenvalue weighted by molar-refractivity contribution is 0.315. The summed E-state index contributed by atoms with van der Waals surface area (Å²) in [6, 6.07) is 2.01. The largest absolute Gasteiger partial charge is 0.492 e. The maximum atomic E-state index is 6.04. The smallest absolute Gasteiger partial charge is 0.137 e. The van der Waals surface area contributed by atoms with Crippen LogP contribution in [0.4, 0.5) is 0 Å². The Labute approximate surface area is 91.7 Å². The Kier molecular flexibility index (Phi) is 4.56. The molecule has 0 aliphatic carbocycles. The van der Waals surface area contributed by atoms with Gasteiger partial charge < -0.3 is 10.5 Å². The van der Waals surface area contributed by atoms with Crippen LogP contribution in [0.25, 0.3) is 0 Å². The SMILES string of the molecule is CCCOc1cncc(C(N)C(C)C)c1. The molecule has 0 saturated carbocycles. The lowest BCUT2D eigenvalue weighted by atomic mass is 9.99. The zero-order chi connectivity index (χ0) is 11.3. The Morgan fingerprint density at radius 1 is 1.40 bits per heavy atom. The van der Waals surface area contributed by atoms with Crippen molar-refractivity contribution in [3.05, 3.63) is 24.0 Å². The second-order valence-corrected chi connectivity index (χ2v) is 4.07. The summed E-state index contributed by atoms with van der Waals surface area (Å²) in [4.78, 5) is 4.14. The van der Waals surface area contributed by atoms with Gasteiger partial charge in [0.1, 0.15) is 5.75 Å². The zero-order valence-corrected chi connectivity index (χ0v) is 9.73. The molecule has 3 heteroatoms. The lowest BCUT2D eigenvalue weighted by Crippen LogP contribution is -2.16. The second-order valence-electron chi connectivity index (χ2n) is 4.07. The van der Waals surface area contributed by atoms with Crippen LogP contribution in [0.15, 0.2) is 18.5 Å². The van der Waals surface area contributed by atoms with Crippen molar-refractivity contribution in [2.24, 2.45) is 11.7 Å². The van der Waals surface area contributed by atoms with Gasteiger partial charge in [0.25, 0.3) is 0 Å². The van der Waals surface area contributed by atoms with Crippen LogP contribution in [0.2, 0.25) is 0 Å². The number of aromatic nitrogens is 1. The highest BCUT2D eigenvalue weighted by atomic mass is 16.5. The van der Waals surface area contributed by atoms with E-state index in [0.29, 0.717) is 5.92 Å². The molecule has 1 aromatic rings. The van der Waals surface area contributed by atoms with E-state index < -0.39 is 0 Å². The first kappa shape index (κ1) is 12.0. The average Bonchev–Trinajstić information content (AvgIpc) is 2.25. The first-order chi connectivity index (χ1) is 7.15. The molecule has 0 fully saturated rings. The number of ether oxygens (including phenoxy) is 1. The van der Waals surface area contributed by atoms with Crippen LogP contribution in [0.1, 0.15) is 38.8 Å². The first-order valence-corrected chi connectivity index (χ1v) is 5.48. The Morgan fingerprint density at radius 3 is 2.73 bits per heavy atom. The number of rotatable bonds is 5. The molecule has 1 heterocycles. The molecule has 1 aromatic heterocycles. The topological polar surface area (TPSA) is 48.1 Å². The molecule has 0 bridgehead atoms. The molecule has 1 atom stereocenters. The molecule has 0 aromatic carbocycles. The van der Waals surface area contributed by atoms with E-state index in [-0.39, 0.29) is 6.04 Å². The molecule has 3 nitrogen and oxygen atoms in total. The van der Waals surface area contributed by atoms with Gasteiger partial charge in [-0.25, -0.2) is 0 Å². The summed E-state index contributed by atoms with van der Waals surface area (Å²) in [5, 5.41) is 0.